The van der Waals surface area contributed by atoms with Gasteiger partial charge in [0.2, 0.25) is 5.69 Å². The summed E-state index contributed by atoms with van der Waals surface area (Å²) in [6.07, 6.45) is 3.42. The summed E-state index contributed by atoms with van der Waals surface area (Å²) < 4.78 is 5.78. The zero-order valence-electron chi connectivity index (χ0n) is 15.2. The van der Waals surface area contributed by atoms with E-state index >= 15 is 0 Å². The quantitative estimate of drug-likeness (QED) is 0.759. The van der Waals surface area contributed by atoms with Crippen LogP contribution in [0.2, 0.25) is 0 Å². The van der Waals surface area contributed by atoms with Gasteiger partial charge in [0.05, 0.1) is 6.54 Å². The predicted octanol–water partition coefficient (Wildman–Crippen LogP) is 2.86. The normalized spacial score (nSPS) is 16.0. The number of carbonyl (C=O) groups is 1. The maximum Gasteiger partial charge on any atom is 0.317 e. The molecule has 7 nitrogen and oxygen atoms in total. The SMILES string of the molecule is N#Cc1nccnc1OC1CCN(C(=O)NCc2cccc3ccccc23)C1. The van der Waals surface area contributed by atoms with Crippen molar-refractivity contribution in [1.82, 2.24) is 20.2 Å². The Bertz CT molecular complexity index is 1040. The molecule has 3 aromatic rings. The average Bonchev–Trinajstić information content (AvgIpc) is 3.21. The molecule has 2 amide bonds. The van der Waals surface area contributed by atoms with E-state index in [1.54, 1.807) is 4.90 Å². The van der Waals surface area contributed by atoms with Crippen molar-refractivity contribution in [3.63, 3.8) is 0 Å². The molecule has 1 fully saturated rings. The fraction of sp³-hybridized carbons (Fsp3) is 0.238. The number of hydrogen-bond acceptors (Lipinski definition) is 5. The highest BCUT2D eigenvalue weighted by Crippen LogP contribution is 2.20. The number of likely N-dealkylation sites (tertiary alicyclic amines) is 1. The van der Waals surface area contributed by atoms with Crippen LogP contribution in [-0.4, -0.2) is 40.1 Å². The van der Waals surface area contributed by atoms with Crippen LogP contribution in [-0.2, 0) is 6.54 Å². The lowest BCUT2D eigenvalue weighted by Crippen LogP contribution is -2.39. The van der Waals surface area contributed by atoms with Crippen LogP contribution in [0.15, 0.2) is 54.9 Å². The molecule has 2 aromatic carbocycles. The first-order chi connectivity index (χ1) is 13.7. The van der Waals surface area contributed by atoms with Gasteiger partial charge in [-0.3, -0.25) is 0 Å². The van der Waals surface area contributed by atoms with Gasteiger partial charge in [-0.2, -0.15) is 5.26 Å². The predicted molar refractivity (Wildman–Crippen MR) is 104 cm³/mol. The lowest BCUT2D eigenvalue weighted by molar-refractivity contribution is 0.182. The first-order valence-electron chi connectivity index (χ1n) is 9.12. The molecule has 1 atom stereocenters. The molecule has 4 rings (SSSR count). The summed E-state index contributed by atoms with van der Waals surface area (Å²) in [7, 11) is 0. The second-order valence-electron chi connectivity index (χ2n) is 6.59. The van der Waals surface area contributed by atoms with Gasteiger partial charge in [-0.25, -0.2) is 14.8 Å². The molecular weight excluding hydrogens is 354 g/mol. The molecule has 0 saturated carbocycles. The van der Waals surface area contributed by atoms with E-state index < -0.39 is 0 Å². The molecule has 1 aromatic heterocycles. The molecule has 1 aliphatic rings. The van der Waals surface area contributed by atoms with Gasteiger partial charge in [0.25, 0.3) is 5.88 Å². The number of urea groups is 1. The van der Waals surface area contributed by atoms with Gasteiger partial charge in [0, 0.05) is 31.9 Å². The van der Waals surface area contributed by atoms with Gasteiger partial charge in [0.15, 0.2) is 0 Å². The van der Waals surface area contributed by atoms with Gasteiger partial charge in [-0.1, -0.05) is 42.5 Å². The van der Waals surface area contributed by atoms with Crippen LogP contribution in [0.4, 0.5) is 4.79 Å². The summed E-state index contributed by atoms with van der Waals surface area (Å²) in [5.41, 5.74) is 1.23. The van der Waals surface area contributed by atoms with E-state index in [1.165, 1.54) is 12.4 Å². The van der Waals surface area contributed by atoms with E-state index in [9.17, 15) is 4.79 Å². The van der Waals surface area contributed by atoms with Crippen LogP contribution in [0.1, 0.15) is 17.7 Å². The van der Waals surface area contributed by atoms with Crippen molar-refractivity contribution in [2.45, 2.75) is 19.1 Å². The molecule has 1 aliphatic heterocycles. The number of carbonyl (C=O) groups excluding carboxylic acids is 1. The van der Waals surface area contributed by atoms with Crippen molar-refractivity contribution in [3.05, 3.63) is 66.1 Å². The minimum absolute atomic E-state index is 0.126. The Morgan fingerprint density at radius 2 is 2.04 bits per heavy atom. The molecule has 2 heterocycles. The standard InChI is InChI=1S/C21H19N5O2/c22-12-19-20(24-10-9-23-19)28-17-8-11-26(14-17)21(27)25-13-16-6-3-5-15-4-1-2-7-18(15)16/h1-7,9-10,17H,8,11,13-14H2,(H,25,27). The average molecular weight is 373 g/mol. The van der Waals surface area contributed by atoms with Gasteiger partial charge in [-0.05, 0) is 16.3 Å². The van der Waals surface area contributed by atoms with Crippen LogP contribution in [0.25, 0.3) is 10.8 Å². The highest BCUT2D eigenvalue weighted by molar-refractivity contribution is 5.86. The summed E-state index contributed by atoms with van der Waals surface area (Å²) in [4.78, 5) is 22.3. The molecule has 1 N–H and O–H groups in total. The van der Waals surface area contributed by atoms with Crippen molar-refractivity contribution in [3.8, 4) is 11.9 Å². The number of ether oxygens (including phenoxy) is 1. The lowest BCUT2D eigenvalue weighted by Gasteiger charge is -2.18. The summed E-state index contributed by atoms with van der Waals surface area (Å²) >= 11 is 0. The number of benzene rings is 2. The Balaban J connectivity index is 1.35. The van der Waals surface area contributed by atoms with Crippen LogP contribution in [0.3, 0.4) is 0 Å². The lowest BCUT2D eigenvalue weighted by atomic mass is 10.0. The number of hydrogen-bond donors (Lipinski definition) is 1. The Labute approximate surface area is 162 Å². The summed E-state index contributed by atoms with van der Waals surface area (Å²) in [6.45, 7) is 1.50. The monoisotopic (exact) mass is 373 g/mol. The zero-order valence-corrected chi connectivity index (χ0v) is 15.2. The number of rotatable bonds is 4. The molecule has 0 bridgehead atoms. The van der Waals surface area contributed by atoms with Crippen molar-refractivity contribution >= 4 is 16.8 Å². The first-order valence-corrected chi connectivity index (χ1v) is 9.12. The van der Waals surface area contributed by atoms with Gasteiger partial charge in [0.1, 0.15) is 12.2 Å². The minimum atomic E-state index is -0.202. The Morgan fingerprint density at radius 3 is 2.93 bits per heavy atom. The number of amides is 2. The van der Waals surface area contributed by atoms with Gasteiger partial charge >= 0.3 is 6.03 Å². The Hall–Kier alpha value is -3.66. The number of nitriles is 1. The second kappa shape index (κ2) is 7.92. The number of nitrogens with one attached hydrogen (secondary N) is 1. The molecule has 7 heteroatoms. The van der Waals surface area contributed by atoms with Crippen molar-refractivity contribution in [2.24, 2.45) is 0 Å². The van der Waals surface area contributed by atoms with E-state index in [4.69, 9.17) is 10.00 Å². The maximum absolute atomic E-state index is 12.6. The van der Waals surface area contributed by atoms with E-state index in [0.29, 0.717) is 26.1 Å². The third-order valence-electron chi connectivity index (χ3n) is 4.79. The smallest absolute Gasteiger partial charge is 0.317 e. The van der Waals surface area contributed by atoms with Crippen molar-refractivity contribution < 1.29 is 9.53 Å². The maximum atomic E-state index is 12.6. The molecule has 1 saturated heterocycles. The van der Waals surface area contributed by atoms with Crippen molar-refractivity contribution in [1.29, 1.82) is 5.26 Å². The number of nitrogens with zero attached hydrogens (tertiary/aromatic N) is 4. The van der Waals surface area contributed by atoms with Crippen molar-refractivity contribution in [2.75, 3.05) is 13.1 Å². The Kier molecular flexibility index (Phi) is 5.02. The molecule has 28 heavy (non-hydrogen) atoms. The van der Waals surface area contributed by atoms with Crippen LogP contribution < -0.4 is 10.1 Å². The minimum Gasteiger partial charge on any atom is -0.470 e. The largest absolute Gasteiger partial charge is 0.470 e. The highest BCUT2D eigenvalue weighted by Gasteiger charge is 2.28. The number of aromatic nitrogens is 2. The van der Waals surface area contributed by atoms with Crippen LogP contribution in [0, 0.1) is 11.3 Å². The summed E-state index contributed by atoms with van der Waals surface area (Å²) in [6, 6.07) is 16.0. The van der Waals surface area contributed by atoms with Gasteiger partial charge in [-0.15, -0.1) is 0 Å². The third-order valence-corrected chi connectivity index (χ3v) is 4.79. The third kappa shape index (κ3) is 3.71. The van der Waals surface area contributed by atoms with E-state index in [-0.39, 0.29) is 23.7 Å². The topological polar surface area (TPSA) is 91.1 Å². The van der Waals surface area contributed by atoms with Gasteiger partial charge < -0.3 is 15.0 Å². The molecule has 1 unspecified atom stereocenters. The number of fused-ring (bicyclic) bond motifs is 1. The van der Waals surface area contributed by atoms with Crippen LogP contribution >= 0.6 is 0 Å². The van der Waals surface area contributed by atoms with E-state index in [1.807, 2.05) is 30.3 Å². The summed E-state index contributed by atoms with van der Waals surface area (Å²) in [5, 5.41) is 14.4. The second-order valence-corrected chi connectivity index (χ2v) is 6.59. The van der Waals surface area contributed by atoms with E-state index in [2.05, 4.69) is 33.5 Å². The fourth-order valence-corrected chi connectivity index (χ4v) is 3.38. The molecule has 0 spiro atoms. The summed E-state index contributed by atoms with van der Waals surface area (Å²) in [5.74, 6) is 0.216. The molecule has 0 radical (unpaired) electrons. The first kappa shape index (κ1) is 17.7. The molecule has 140 valence electrons. The zero-order chi connectivity index (χ0) is 19.3. The molecular formula is C21H19N5O2. The highest BCUT2D eigenvalue weighted by atomic mass is 16.5. The van der Waals surface area contributed by atoms with Crippen LogP contribution in [0.5, 0.6) is 5.88 Å². The fourth-order valence-electron chi connectivity index (χ4n) is 3.38. The van der Waals surface area contributed by atoms with E-state index in [0.717, 1.165) is 16.3 Å². The molecule has 0 aliphatic carbocycles. The Morgan fingerprint density at radius 1 is 1.21 bits per heavy atom.